The Morgan fingerprint density at radius 1 is 1.33 bits per heavy atom. The molecular formula is C16H21NO4. The van der Waals surface area contributed by atoms with Crippen molar-refractivity contribution in [2.24, 2.45) is 5.92 Å². The Morgan fingerprint density at radius 3 is 2.57 bits per heavy atom. The van der Waals surface area contributed by atoms with E-state index in [4.69, 9.17) is 4.74 Å². The zero-order valence-corrected chi connectivity index (χ0v) is 12.4. The van der Waals surface area contributed by atoms with Crippen molar-refractivity contribution in [3.8, 4) is 0 Å². The van der Waals surface area contributed by atoms with Crippen LogP contribution in [-0.4, -0.2) is 34.2 Å². The smallest absolute Gasteiger partial charge is 0.411 e. The maximum atomic E-state index is 12.3. The first-order chi connectivity index (χ1) is 9.98. The van der Waals surface area contributed by atoms with Crippen molar-refractivity contribution in [2.75, 3.05) is 6.54 Å². The molecule has 1 saturated heterocycles. The fourth-order valence-corrected chi connectivity index (χ4v) is 2.96. The number of hydrogen-bond donors (Lipinski definition) is 1. The molecule has 1 aliphatic heterocycles. The summed E-state index contributed by atoms with van der Waals surface area (Å²) in [5.41, 5.74) is -0.260. The summed E-state index contributed by atoms with van der Waals surface area (Å²) in [6.45, 7) is 4.25. The summed E-state index contributed by atoms with van der Waals surface area (Å²) in [5.74, 6) is -1.12. The molecule has 5 nitrogen and oxygen atoms in total. The molecule has 5 heteroatoms. The van der Waals surface area contributed by atoms with E-state index in [9.17, 15) is 14.7 Å². The normalized spacial score (nSPS) is 21.6. The number of ether oxygens (including phenoxy) is 1. The number of carboxylic acid groups (broad SMARTS) is 1. The Hall–Kier alpha value is -2.04. The molecule has 1 atom stereocenters. The highest BCUT2D eigenvalue weighted by molar-refractivity contribution is 5.85. The standard InChI is InChI=1S/C16H21NO4/c1-12(2)16(14(18)19)9-6-10-17(16)15(20)21-11-13-7-4-3-5-8-13/h3-5,7-8,12H,6,9-11H2,1-2H3,(H,18,19)/t16-/m0/s1. The summed E-state index contributed by atoms with van der Waals surface area (Å²) >= 11 is 0. The highest BCUT2D eigenvalue weighted by Crippen LogP contribution is 2.36. The minimum atomic E-state index is -1.15. The average molecular weight is 291 g/mol. The summed E-state index contributed by atoms with van der Waals surface area (Å²) < 4.78 is 5.29. The van der Waals surface area contributed by atoms with Gasteiger partial charge in [0.05, 0.1) is 0 Å². The van der Waals surface area contributed by atoms with E-state index in [1.165, 1.54) is 4.90 Å². The summed E-state index contributed by atoms with van der Waals surface area (Å²) in [7, 11) is 0. The van der Waals surface area contributed by atoms with Crippen LogP contribution in [0, 0.1) is 5.92 Å². The van der Waals surface area contributed by atoms with E-state index in [1.54, 1.807) is 0 Å². The molecule has 0 unspecified atom stereocenters. The molecule has 0 spiro atoms. The Bertz CT molecular complexity index is 514. The zero-order valence-electron chi connectivity index (χ0n) is 12.4. The van der Waals surface area contributed by atoms with Gasteiger partial charge in [-0.25, -0.2) is 9.59 Å². The van der Waals surface area contributed by atoms with Crippen LogP contribution in [-0.2, 0) is 16.1 Å². The third kappa shape index (κ3) is 2.86. The third-order valence-corrected chi connectivity index (χ3v) is 4.17. The van der Waals surface area contributed by atoms with Gasteiger partial charge >= 0.3 is 12.1 Å². The number of amides is 1. The van der Waals surface area contributed by atoms with Crippen LogP contribution < -0.4 is 0 Å². The van der Waals surface area contributed by atoms with Crippen molar-refractivity contribution in [1.82, 2.24) is 4.90 Å². The van der Waals surface area contributed by atoms with E-state index in [1.807, 2.05) is 44.2 Å². The molecule has 0 aromatic heterocycles. The van der Waals surface area contributed by atoms with E-state index in [0.717, 1.165) is 5.56 Å². The highest BCUT2D eigenvalue weighted by atomic mass is 16.6. The molecule has 0 aliphatic carbocycles. The number of rotatable bonds is 4. The largest absolute Gasteiger partial charge is 0.479 e. The number of benzene rings is 1. The van der Waals surface area contributed by atoms with E-state index >= 15 is 0 Å². The zero-order chi connectivity index (χ0) is 15.5. The summed E-state index contributed by atoms with van der Waals surface area (Å²) in [5, 5.41) is 9.59. The van der Waals surface area contributed by atoms with Crippen molar-refractivity contribution in [3.05, 3.63) is 35.9 Å². The van der Waals surface area contributed by atoms with Gasteiger partial charge in [0.2, 0.25) is 0 Å². The quantitative estimate of drug-likeness (QED) is 0.926. The number of nitrogens with zero attached hydrogens (tertiary/aromatic N) is 1. The fraction of sp³-hybridized carbons (Fsp3) is 0.500. The van der Waals surface area contributed by atoms with Crippen molar-refractivity contribution in [1.29, 1.82) is 0 Å². The van der Waals surface area contributed by atoms with Crippen LogP contribution >= 0.6 is 0 Å². The molecular weight excluding hydrogens is 270 g/mol. The average Bonchev–Trinajstić information content (AvgIpc) is 2.92. The topological polar surface area (TPSA) is 66.8 Å². The number of carbonyl (C=O) groups excluding carboxylic acids is 1. The first kappa shape index (κ1) is 15.4. The second kappa shape index (κ2) is 6.16. The number of likely N-dealkylation sites (tertiary alicyclic amines) is 1. The van der Waals surface area contributed by atoms with Crippen LogP contribution in [0.15, 0.2) is 30.3 Å². The number of carbonyl (C=O) groups is 2. The van der Waals surface area contributed by atoms with Gasteiger partial charge in [0, 0.05) is 6.54 Å². The fourth-order valence-electron chi connectivity index (χ4n) is 2.96. The van der Waals surface area contributed by atoms with Crippen molar-refractivity contribution in [2.45, 2.75) is 38.8 Å². The molecule has 2 rings (SSSR count). The molecule has 1 aromatic rings. The molecule has 1 amide bonds. The second-order valence-electron chi connectivity index (χ2n) is 5.68. The highest BCUT2D eigenvalue weighted by Gasteiger charge is 2.52. The van der Waals surface area contributed by atoms with Gasteiger partial charge in [-0.1, -0.05) is 44.2 Å². The SMILES string of the molecule is CC(C)[C@]1(C(=O)O)CCCN1C(=O)OCc1ccccc1. The summed E-state index contributed by atoms with van der Waals surface area (Å²) in [6, 6.07) is 9.36. The van der Waals surface area contributed by atoms with E-state index in [0.29, 0.717) is 19.4 Å². The third-order valence-electron chi connectivity index (χ3n) is 4.17. The monoisotopic (exact) mass is 291 g/mol. The molecule has 114 valence electrons. The number of hydrogen-bond acceptors (Lipinski definition) is 3. The van der Waals surface area contributed by atoms with Gasteiger partial charge in [0.1, 0.15) is 12.1 Å². The van der Waals surface area contributed by atoms with Gasteiger partial charge < -0.3 is 9.84 Å². The molecule has 1 N–H and O–H groups in total. The second-order valence-corrected chi connectivity index (χ2v) is 5.68. The number of aliphatic carboxylic acids is 1. The van der Waals surface area contributed by atoms with Crippen molar-refractivity contribution >= 4 is 12.1 Å². The molecule has 21 heavy (non-hydrogen) atoms. The molecule has 0 bridgehead atoms. The van der Waals surface area contributed by atoms with Crippen LogP contribution in [0.1, 0.15) is 32.3 Å². The van der Waals surface area contributed by atoms with Crippen LogP contribution in [0.2, 0.25) is 0 Å². The molecule has 1 aromatic carbocycles. The van der Waals surface area contributed by atoms with E-state index in [2.05, 4.69) is 0 Å². The molecule has 1 aliphatic rings. The Labute approximate surface area is 124 Å². The lowest BCUT2D eigenvalue weighted by Gasteiger charge is -2.37. The first-order valence-corrected chi connectivity index (χ1v) is 7.20. The van der Waals surface area contributed by atoms with Gasteiger partial charge in [-0.15, -0.1) is 0 Å². The maximum Gasteiger partial charge on any atom is 0.411 e. The molecule has 1 fully saturated rings. The number of carboxylic acids is 1. The minimum absolute atomic E-state index is 0.157. The minimum Gasteiger partial charge on any atom is -0.479 e. The summed E-state index contributed by atoms with van der Waals surface area (Å²) in [6.07, 6.45) is 0.609. The Kier molecular flexibility index (Phi) is 4.50. The van der Waals surface area contributed by atoms with Gasteiger partial charge in [-0.05, 0) is 24.3 Å². The lowest BCUT2D eigenvalue weighted by Crippen LogP contribution is -2.56. The lowest BCUT2D eigenvalue weighted by molar-refractivity contribution is -0.151. The molecule has 0 radical (unpaired) electrons. The van der Waals surface area contributed by atoms with Gasteiger partial charge in [-0.3, -0.25) is 4.90 Å². The van der Waals surface area contributed by atoms with Crippen LogP contribution in [0.5, 0.6) is 0 Å². The molecule has 1 heterocycles. The van der Waals surface area contributed by atoms with Gasteiger partial charge in [0.25, 0.3) is 0 Å². The van der Waals surface area contributed by atoms with Gasteiger partial charge in [-0.2, -0.15) is 0 Å². The Morgan fingerprint density at radius 2 is 2.00 bits per heavy atom. The predicted octanol–water partition coefficient (Wildman–Crippen LogP) is 2.90. The van der Waals surface area contributed by atoms with E-state index < -0.39 is 17.6 Å². The molecule has 0 saturated carbocycles. The van der Waals surface area contributed by atoms with E-state index in [-0.39, 0.29) is 12.5 Å². The van der Waals surface area contributed by atoms with Gasteiger partial charge in [0.15, 0.2) is 0 Å². The summed E-state index contributed by atoms with van der Waals surface area (Å²) in [4.78, 5) is 25.4. The Balaban J connectivity index is 2.09. The van der Waals surface area contributed by atoms with Crippen LogP contribution in [0.25, 0.3) is 0 Å². The van der Waals surface area contributed by atoms with Crippen LogP contribution in [0.4, 0.5) is 4.79 Å². The van der Waals surface area contributed by atoms with Crippen molar-refractivity contribution in [3.63, 3.8) is 0 Å². The van der Waals surface area contributed by atoms with Crippen LogP contribution in [0.3, 0.4) is 0 Å². The lowest BCUT2D eigenvalue weighted by atomic mass is 9.84. The first-order valence-electron chi connectivity index (χ1n) is 7.20. The predicted molar refractivity (Wildman–Crippen MR) is 77.8 cm³/mol. The maximum absolute atomic E-state index is 12.3. The van der Waals surface area contributed by atoms with Crippen molar-refractivity contribution < 1.29 is 19.4 Å².